The second-order valence-electron chi connectivity index (χ2n) is 7.49. The minimum atomic E-state index is -1.69. The van der Waals surface area contributed by atoms with E-state index >= 15 is 0 Å². The fraction of sp³-hybridized carbons (Fsp3) is 0.318. The third kappa shape index (κ3) is 3.57. The molecule has 4 rings (SSSR count). The molecule has 0 bridgehead atoms. The molecule has 0 spiro atoms. The third-order valence-electron chi connectivity index (χ3n) is 5.54. The first-order valence-electron chi connectivity index (χ1n) is 9.74. The minimum Gasteiger partial charge on any atom is -0.508 e. The fourth-order valence-corrected chi connectivity index (χ4v) is 3.85. The average Bonchev–Trinajstić information content (AvgIpc) is 2.78. The number of fused-ring (bicyclic) bond motifs is 1. The van der Waals surface area contributed by atoms with Gasteiger partial charge in [0.1, 0.15) is 64.5 Å². The van der Waals surface area contributed by atoms with Crippen LogP contribution in [0.15, 0.2) is 45.6 Å². The first-order valence-corrected chi connectivity index (χ1v) is 9.74. The van der Waals surface area contributed by atoms with Gasteiger partial charge in [0.15, 0.2) is 5.43 Å². The number of ether oxygens (including phenoxy) is 2. The highest BCUT2D eigenvalue weighted by Gasteiger charge is 2.46. The van der Waals surface area contributed by atoms with Gasteiger partial charge in [0.2, 0.25) is 0 Å². The van der Waals surface area contributed by atoms with E-state index in [0.717, 1.165) is 6.07 Å². The summed E-state index contributed by atoms with van der Waals surface area (Å²) in [5.74, 6) is -0.370. The zero-order valence-electron chi connectivity index (χ0n) is 16.9. The lowest BCUT2D eigenvalue weighted by atomic mass is 9.89. The molecule has 1 saturated heterocycles. The smallest absolute Gasteiger partial charge is 0.197 e. The predicted octanol–water partition coefficient (Wildman–Crippen LogP) is 0.395. The van der Waals surface area contributed by atoms with Crippen molar-refractivity contribution in [3.8, 4) is 28.6 Å². The zero-order chi connectivity index (χ0) is 23.2. The van der Waals surface area contributed by atoms with Gasteiger partial charge < -0.3 is 44.5 Å². The molecule has 0 radical (unpaired) electrons. The average molecular weight is 446 g/mol. The van der Waals surface area contributed by atoms with Crippen molar-refractivity contribution in [2.24, 2.45) is 0 Å². The van der Waals surface area contributed by atoms with Gasteiger partial charge in [-0.15, -0.1) is 0 Å². The van der Waals surface area contributed by atoms with Crippen molar-refractivity contribution in [1.29, 1.82) is 0 Å². The van der Waals surface area contributed by atoms with Crippen LogP contribution < -0.4 is 10.2 Å². The summed E-state index contributed by atoms with van der Waals surface area (Å²) in [7, 11) is 1.29. The van der Waals surface area contributed by atoms with E-state index in [1.807, 2.05) is 0 Å². The molecule has 0 amide bonds. The summed E-state index contributed by atoms with van der Waals surface area (Å²) in [6.07, 6.45) is -7.59. The lowest BCUT2D eigenvalue weighted by Gasteiger charge is -2.40. The van der Waals surface area contributed by atoms with E-state index in [1.54, 1.807) is 12.1 Å². The van der Waals surface area contributed by atoms with Gasteiger partial charge >= 0.3 is 0 Å². The van der Waals surface area contributed by atoms with Gasteiger partial charge in [0, 0.05) is 17.7 Å². The molecule has 2 aromatic carbocycles. The SMILES string of the molecule is COc1cc2oc(-c3ccc(O)cc3)cc(=O)c2c(O)c1C1O[C@H](CO)[C@@H](O)[C@H](O)[C@H]1O. The summed E-state index contributed by atoms with van der Waals surface area (Å²) in [5.41, 5.74) is -0.233. The summed E-state index contributed by atoms with van der Waals surface area (Å²) < 4.78 is 16.6. The first-order chi connectivity index (χ1) is 15.3. The van der Waals surface area contributed by atoms with Gasteiger partial charge in [-0.25, -0.2) is 0 Å². The quantitative estimate of drug-likeness (QED) is 0.330. The van der Waals surface area contributed by atoms with Crippen LogP contribution in [0.2, 0.25) is 0 Å². The molecule has 10 heteroatoms. The summed E-state index contributed by atoms with van der Waals surface area (Å²) in [6, 6.07) is 8.46. The standard InChI is InChI=1S/C22H22O10/c1-30-13-7-14-16(11(25)6-12(31-14)9-2-4-10(24)5-3-9)19(27)17(13)22-21(29)20(28)18(26)15(8-23)32-22/h2-7,15,18,20-24,26-29H,8H2,1H3/t15-,18-,20+,21-,22?/m1/s1. The van der Waals surface area contributed by atoms with E-state index in [-0.39, 0.29) is 33.8 Å². The van der Waals surface area contributed by atoms with Crippen LogP contribution in [0.3, 0.4) is 0 Å². The molecule has 1 aromatic heterocycles. The summed E-state index contributed by atoms with van der Waals surface area (Å²) in [5, 5.41) is 60.3. The fourth-order valence-electron chi connectivity index (χ4n) is 3.85. The molecule has 10 nitrogen and oxygen atoms in total. The molecule has 0 aliphatic carbocycles. The Bertz CT molecular complexity index is 1180. The Hall–Kier alpha value is -3.15. The number of aliphatic hydroxyl groups excluding tert-OH is 4. The predicted molar refractivity (Wildman–Crippen MR) is 111 cm³/mol. The minimum absolute atomic E-state index is 0.00895. The molecular weight excluding hydrogens is 424 g/mol. The number of benzene rings is 2. The number of hydrogen-bond donors (Lipinski definition) is 6. The Kier molecular flexibility index (Phi) is 5.80. The second-order valence-corrected chi connectivity index (χ2v) is 7.49. The van der Waals surface area contributed by atoms with Crippen molar-refractivity contribution >= 4 is 11.0 Å². The molecule has 170 valence electrons. The van der Waals surface area contributed by atoms with Crippen molar-refractivity contribution in [3.05, 3.63) is 52.2 Å². The van der Waals surface area contributed by atoms with Crippen molar-refractivity contribution < 1.29 is 44.5 Å². The van der Waals surface area contributed by atoms with Gasteiger partial charge in [-0.05, 0) is 24.3 Å². The largest absolute Gasteiger partial charge is 0.508 e. The van der Waals surface area contributed by atoms with Crippen LogP contribution >= 0.6 is 0 Å². The lowest BCUT2D eigenvalue weighted by molar-refractivity contribution is -0.232. The van der Waals surface area contributed by atoms with Crippen LogP contribution in [0.5, 0.6) is 17.2 Å². The summed E-state index contributed by atoms with van der Waals surface area (Å²) in [6.45, 7) is -0.657. The topological polar surface area (TPSA) is 170 Å². The number of rotatable bonds is 4. The zero-order valence-corrected chi connectivity index (χ0v) is 16.9. The maximum Gasteiger partial charge on any atom is 0.197 e. The molecular formula is C22H22O10. The highest BCUT2D eigenvalue weighted by atomic mass is 16.5. The Balaban J connectivity index is 1.89. The van der Waals surface area contributed by atoms with Gasteiger partial charge in [-0.2, -0.15) is 0 Å². The number of phenolic OH excluding ortho intramolecular Hbond substituents is 2. The van der Waals surface area contributed by atoms with Crippen LogP contribution in [-0.4, -0.2) is 68.8 Å². The maximum absolute atomic E-state index is 12.9. The molecule has 3 aromatic rings. The normalized spacial score (nSPS) is 25.7. The van der Waals surface area contributed by atoms with Crippen molar-refractivity contribution in [1.82, 2.24) is 0 Å². The van der Waals surface area contributed by atoms with E-state index < -0.39 is 48.3 Å². The highest BCUT2D eigenvalue weighted by molar-refractivity contribution is 5.88. The van der Waals surface area contributed by atoms with Gasteiger partial charge in [-0.3, -0.25) is 4.79 Å². The van der Waals surface area contributed by atoms with Gasteiger partial charge in [0.25, 0.3) is 0 Å². The number of methoxy groups -OCH3 is 1. The van der Waals surface area contributed by atoms with E-state index in [4.69, 9.17) is 13.9 Å². The summed E-state index contributed by atoms with van der Waals surface area (Å²) >= 11 is 0. The van der Waals surface area contributed by atoms with Crippen molar-refractivity contribution in [2.75, 3.05) is 13.7 Å². The van der Waals surface area contributed by atoms with E-state index in [9.17, 15) is 35.4 Å². The van der Waals surface area contributed by atoms with E-state index in [2.05, 4.69) is 0 Å². The summed E-state index contributed by atoms with van der Waals surface area (Å²) in [4.78, 5) is 12.9. The van der Waals surface area contributed by atoms with Crippen LogP contribution in [0.1, 0.15) is 11.7 Å². The number of aliphatic hydroxyl groups is 4. The molecule has 1 aliphatic rings. The molecule has 1 fully saturated rings. The number of phenols is 2. The van der Waals surface area contributed by atoms with Crippen LogP contribution in [-0.2, 0) is 4.74 Å². The highest BCUT2D eigenvalue weighted by Crippen LogP contribution is 2.45. The Morgan fingerprint density at radius 2 is 1.69 bits per heavy atom. The van der Waals surface area contributed by atoms with Gasteiger partial charge in [0.05, 0.1) is 19.3 Å². The molecule has 2 heterocycles. The van der Waals surface area contributed by atoms with E-state index in [1.165, 1.54) is 25.3 Å². The molecule has 5 atom stereocenters. The first kappa shape index (κ1) is 22.1. The number of hydrogen-bond acceptors (Lipinski definition) is 10. The van der Waals surface area contributed by atoms with Crippen molar-refractivity contribution in [2.45, 2.75) is 30.5 Å². The second kappa shape index (κ2) is 8.41. The van der Waals surface area contributed by atoms with E-state index in [0.29, 0.717) is 5.56 Å². The van der Waals surface area contributed by atoms with Crippen molar-refractivity contribution in [3.63, 3.8) is 0 Å². The molecule has 0 saturated carbocycles. The molecule has 1 unspecified atom stereocenters. The maximum atomic E-state index is 12.9. The van der Waals surface area contributed by atoms with Crippen LogP contribution in [0.4, 0.5) is 0 Å². The Morgan fingerprint density at radius 3 is 2.31 bits per heavy atom. The Morgan fingerprint density at radius 1 is 1.00 bits per heavy atom. The third-order valence-corrected chi connectivity index (χ3v) is 5.54. The van der Waals surface area contributed by atoms with Crippen LogP contribution in [0, 0.1) is 0 Å². The number of aromatic hydroxyl groups is 2. The van der Waals surface area contributed by atoms with Crippen LogP contribution in [0.25, 0.3) is 22.3 Å². The molecule has 1 aliphatic heterocycles. The lowest BCUT2D eigenvalue weighted by Crippen LogP contribution is -2.55. The Labute approximate surface area is 181 Å². The van der Waals surface area contributed by atoms with Gasteiger partial charge in [-0.1, -0.05) is 0 Å². The molecule has 6 N–H and O–H groups in total. The monoisotopic (exact) mass is 446 g/mol. The molecule has 32 heavy (non-hydrogen) atoms.